The van der Waals surface area contributed by atoms with Crippen LogP contribution in [0.1, 0.15) is 28.9 Å². The molecule has 3 aromatic rings. The second kappa shape index (κ2) is 8.01. The van der Waals surface area contributed by atoms with E-state index in [9.17, 15) is 18.0 Å². The molecule has 0 unspecified atom stereocenters. The zero-order chi connectivity index (χ0) is 20.3. The van der Waals surface area contributed by atoms with E-state index < -0.39 is 17.6 Å². The topological polar surface area (TPSA) is 75.8 Å². The van der Waals surface area contributed by atoms with Crippen molar-refractivity contribution in [3.05, 3.63) is 58.3 Å². The molecule has 0 aliphatic heterocycles. The summed E-state index contributed by atoms with van der Waals surface area (Å²) in [5.74, 6) is 0.456. The molecule has 2 aromatic heterocycles. The van der Waals surface area contributed by atoms with Crippen LogP contribution in [0.5, 0.6) is 0 Å². The fraction of sp³-hybridized carbons (Fsp3) is 0.278. The van der Waals surface area contributed by atoms with Crippen molar-refractivity contribution in [3.8, 4) is 11.3 Å². The number of H-pyrrole nitrogens is 1. The van der Waals surface area contributed by atoms with E-state index in [0.29, 0.717) is 24.3 Å². The van der Waals surface area contributed by atoms with E-state index in [1.807, 2.05) is 11.5 Å². The van der Waals surface area contributed by atoms with Crippen molar-refractivity contribution in [2.45, 2.75) is 26.1 Å². The van der Waals surface area contributed by atoms with Crippen molar-refractivity contribution in [3.63, 3.8) is 0 Å². The van der Waals surface area contributed by atoms with E-state index in [-0.39, 0.29) is 17.1 Å². The van der Waals surface area contributed by atoms with Crippen LogP contribution in [0.25, 0.3) is 11.3 Å². The van der Waals surface area contributed by atoms with Crippen LogP contribution in [-0.4, -0.2) is 27.2 Å². The van der Waals surface area contributed by atoms with Gasteiger partial charge in [0.05, 0.1) is 5.56 Å². The molecule has 1 aromatic carbocycles. The van der Waals surface area contributed by atoms with Gasteiger partial charge in [0.1, 0.15) is 11.6 Å². The summed E-state index contributed by atoms with van der Waals surface area (Å²) in [4.78, 5) is 12.2. The molecule has 0 atom stereocenters. The molecule has 0 spiro atoms. The summed E-state index contributed by atoms with van der Waals surface area (Å²) in [6.45, 7) is 2.90. The van der Waals surface area contributed by atoms with Crippen LogP contribution in [0.4, 0.5) is 13.2 Å². The van der Waals surface area contributed by atoms with Gasteiger partial charge in [0.25, 0.3) is 5.91 Å². The summed E-state index contributed by atoms with van der Waals surface area (Å²) in [7, 11) is 0. The largest absolute Gasteiger partial charge is 0.451 e. The van der Waals surface area contributed by atoms with Crippen LogP contribution < -0.4 is 5.32 Å². The Hall–Kier alpha value is -2.88. The van der Waals surface area contributed by atoms with Gasteiger partial charge in [0.2, 0.25) is 0 Å². The fourth-order valence-electron chi connectivity index (χ4n) is 2.71. The molecular weight excluding hydrogens is 393 g/mol. The van der Waals surface area contributed by atoms with Crippen molar-refractivity contribution in [1.29, 1.82) is 0 Å². The van der Waals surface area contributed by atoms with Gasteiger partial charge in [-0.05, 0) is 43.4 Å². The van der Waals surface area contributed by atoms with Gasteiger partial charge >= 0.3 is 6.18 Å². The van der Waals surface area contributed by atoms with E-state index in [4.69, 9.17) is 16.6 Å². The molecule has 1 amide bonds. The number of aromatic amines is 1. The van der Waals surface area contributed by atoms with Crippen LogP contribution in [-0.2, 0) is 19.1 Å². The Morgan fingerprint density at radius 1 is 1.32 bits per heavy atom. The van der Waals surface area contributed by atoms with Gasteiger partial charge in [0.15, 0.2) is 10.5 Å². The first kappa shape index (κ1) is 19.9. The van der Waals surface area contributed by atoms with Crippen molar-refractivity contribution >= 4 is 18.1 Å². The van der Waals surface area contributed by atoms with Gasteiger partial charge in [0, 0.05) is 25.1 Å². The SMILES string of the molecule is CCn1c(CCNC(=O)c2ccc(-c3cccc(C(F)(F)F)c3)o2)n[nH]c1=S. The maximum atomic E-state index is 12.8. The predicted octanol–water partition coefficient (Wildman–Crippen LogP) is 4.21. The highest BCUT2D eigenvalue weighted by molar-refractivity contribution is 7.71. The van der Waals surface area contributed by atoms with Crippen LogP contribution in [0.3, 0.4) is 0 Å². The summed E-state index contributed by atoms with van der Waals surface area (Å²) in [6.07, 6.45) is -3.98. The number of rotatable bonds is 6. The Labute approximate surface area is 163 Å². The second-order valence-corrected chi connectivity index (χ2v) is 6.32. The Morgan fingerprint density at radius 2 is 2.11 bits per heavy atom. The Balaban J connectivity index is 1.65. The standard InChI is InChI=1S/C18H17F3N4O2S/c1-2-25-15(23-24-17(25)28)8-9-22-16(26)14-7-6-13(27-14)11-4-3-5-12(10-11)18(19,20)21/h3-7,10H,2,8-9H2,1H3,(H,22,26)(H,24,28). The third-order valence-electron chi connectivity index (χ3n) is 4.09. The number of furan rings is 1. The monoisotopic (exact) mass is 410 g/mol. The molecule has 2 heterocycles. The molecule has 3 rings (SSSR count). The number of nitrogens with one attached hydrogen (secondary N) is 2. The van der Waals surface area contributed by atoms with Gasteiger partial charge in [-0.1, -0.05) is 12.1 Å². The minimum atomic E-state index is -4.45. The first-order valence-corrected chi connectivity index (χ1v) is 8.90. The first-order valence-electron chi connectivity index (χ1n) is 8.49. The highest BCUT2D eigenvalue weighted by Crippen LogP contribution is 2.32. The maximum absolute atomic E-state index is 12.8. The summed E-state index contributed by atoms with van der Waals surface area (Å²) in [5.41, 5.74) is -0.538. The summed E-state index contributed by atoms with van der Waals surface area (Å²) < 4.78 is 46.3. The van der Waals surface area contributed by atoms with Crippen LogP contribution in [0.15, 0.2) is 40.8 Å². The van der Waals surface area contributed by atoms with Crippen LogP contribution >= 0.6 is 12.2 Å². The average Bonchev–Trinajstić information content (AvgIpc) is 3.28. The number of nitrogens with zero attached hydrogens (tertiary/aromatic N) is 2. The van der Waals surface area contributed by atoms with Crippen molar-refractivity contribution < 1.29 is 22.4 Å². The molecule has 10 heteroatoms. The number of halogens is 3. The zero-order valence-corrected chi connectivity index (χ0v) is 15.7. The molecule has 0 fully saturated rings. The minimum absolute atomic E-state index is 0.0155. The van der Waals surface area contributed by atoms with E-state index in [2.05, 4.69) is 15.5 Å². The summed E-state index contributed by atoms with van der Waals surface area (Å²) in [6, 6.07) is 7.63. The van der Waals surface area contributed by atoms with E-state index in [0.717, 1.165) is 18.0 Å². The van der Waals surface area contributed by atoms with Crippen molar-refractivity contribution in [2.75, 3.05) is 6.54 Å². The van der Waals surface area contributed by atoms with Crippen molar-refractivity contribution in [1.82, 2.24) is 20.1 Å². The predicted molar refractivity (Wildman–Crippen MR) is 98.3 cm³/mol. The van der Waals surface area contributed by atoms with E-state index in [1.54, 1.807) is 0 Å². The molecule has 2 N–H and O–H groups in total. The molecule has 28 heavy (non-hydrogen) atoms. The smallest absolute Gasteiger partial charge is 0.416 e. The molecule has 0 saturated heterocycles. The lowest BCUT2D eigenvalue weighted by Crippen LogP contribution is -2.26. The third kappa shape index (κ3) is 4.33. The van der Waals surface area contributed by atoms with Gasteiger partial charge < -0.3 is 14.3 Å². The lowest BCUT2D eigenvalue weighted by atomic mass is 10.1. The van der Waals surface area contributed by atoms with Gasteiger partial charge in [-0.3, -0.25) is 9.89 Å². The molecule has 0 aliphatic rings. The van der Waals surface area contributed by atoms with Gasteiger partial charge in [-0.15, -0.1) is 0 Å². The molecule has 0 bridgehead atoms. The minimum Gasteiger partial charge on any atom is -0.451 e. The zero-order valence-electron chi connectivity index (χ0n) is 14.8. The number of hydrogen-bond donors (Lipinski definition) is 2. The van der Waals surface area contributed by atoms with E-state index in [1.165, 1.54) is 24.3 Å². The molecule has 148 valence electrons. The third-order valence-corrected chi connectivity index (χ3v) is 4.40. The highest BCUT2D eigenvalue weighted by atomic mass is 32.1. The molecule has 0 radical (unpaired) electrons. The van der Waals surface area contributed by atoms with Crippen LogP contribution in [0, 0.1) is 4.77 Å². The fourth-order valence-corrected chi connectivity index (χ4v) is 2.99. The molecule has 0 saturated carbocycles. The summed E-state index contributed by atoms with van der Waals surface area (Å²) in [5, 5.41) is 9.50. The average molecular weight is 410 g/mol. The van der Waals surface area contributed by atoms with Gasteiger partial charge in [-0.25, -0.2) is 0 Å². The van der Waals surface area contributed by atoms with E-state index >= 15 is 0 Å². The van der Waals surface area contributed by atoms with Crippen LogP contribution in [0.2, 0.25) is 0 Å². The Kier molecular flexibility index (Phi) is 5.68. The van der Waals surface area contributed by atoms with Gasteiger partial charge in [-0.2, -0.15) is 18.3 Å². The number of hydrogen-bond acceptors (Lipinski definition) is 4. The first-order chi connectivity index (χ1) is 13.3. The number of alkyl halides is 3. The number of amides is 1. The second-order valence-electron chi connectivity index (χ2n) is 5.94. The quantitative estimate of drug-likeness (QED) is 0.597. The Bertz CT molecular complexity index is 1040. The van der Waals surface area contributed by atoms with Crippen molar-refractivity contribution in [2.24, 2.45) is 0 Å². The number of carbonyl (C=O) groups is 1. The number of benzene rings is 1. The number of aromatic nitrogens is 3. The lowest BCUT2D eigenvalue weighted by molar-refractivity contribution is -0.137. The number of carbonyl (C=O) groups excluding carboxylic acids is 1. The normalized spacial score (nSPS) is 11.6. The molecule has 0 aliphatic carbocycles. The maximum Gasteiger partial charge on any atom is 0.416 e. The lowest BCUT2D eigenvalue weighted by Gasteiger charge is -2.07. The Morgan fingerprint density at radius 3 is 2.82 bits per heavy atom. The molecule has 6 nitrogen and oxygen atoms in total. The molecular formula is C18H17F3N4O2S. The summed E-state index contributed by atoms with van der Waals surface area (Å²) >= 11 is 5.10. The highest BCUT2D eigenvalue weighted by Gasteiger charge is 2.30.